The molecule has 1 aromatic heterocycles. The first kappa shape index (κ1) is 26.0. The van der Waals surface area contributed by atoms with Gasteiger partial charge < -0.3 is 16.4 Å². The minimum atomic E-state index is -0.282. The van der Waals surface area contributed by atoms with E-state index in [4.69, 9.17) is 5.73 Å². The summed E-state index contributed by atoms with van der Waals surface area (Å²) < 4.78 is 0. The summed E-state index contributed by atoms with van der Waals surface area (Å²) in [6.07, 6.45) is 17.3. The molecule has 6 nitrogen and oxygen atoms in total. The Hall–Kier alpha value is -1.08. The van der Waals surface area contributed by atoms with Crippen LogP contribution >= 0.6 is 12.6 Å². The predicted molar refractivity (Wildman–Crippen MR) is 129 cm³/mol. The van der Waals surface area contributed by atoms with Gasteiger partial charge in [-0.25, -0.2) is 0 Å². The molecule has 29 heavy (non-hydrogen) atoms. The van der Waals surface area contributed by atoms with Gasteiger partial charge in [-0.2, -0.15) is 27.6 Å². The number of aromatic nitrogens is 3. The van der Waals surface area contributed by atoms with E-state index in [1.165, 1.54) is 70.6 Å². The van der Waals surface area contributed by atoms with E-state index < -0.39 is 0 Å². The molecule has 0 saturated heterocycles. The number of anilines is 2. The molecule has 0 aromatic carbocycles. The Morgan fingerprint density at radius 3 is 1.66 bits per heavy atom. The first-order chi connectivity index (χ1) is 14.2. The van der Waals surface area contributed by atoms with Crippen molar-refractivity contribution in [3.8, 4) is 0 Å². The van der Waals surface area contributed by atoms with Crippen molar-refractivity contribution in [2.75, 3.05) is 29.5 Å². The standard InChI is InChI=1S/C22H44N6S/c1-3-5-6-7-8-9-10-11-12-13-14-15-17-25-22-27-20(19(23)18-29)26-21(28-22)24-16-4-2/h19,29H,3-18,23H2,1-2H3,(H2,24,25,26,27,28). The molecule has 4 N–H and O–H groups in total. The highest BCUT2D eigenvalue weighted by Gasteiger charge is 2.12. The highest BCUT2D eigenvalue weighted by Crippen LogP contribution is 2.14. The zero-order valence-electron chi connectivity index (χ0n) is 18.8. The summed E-state index contributed by atoms with van der Waals surface area (Å²) in [6.45, 7) is 6.10. The number of rotatable bonds is 19. The third kappa shape index (κ3) is 13.0. The van der Waals surface area contributed by atoms with Crippen LogP contribution in [0, 0.1) is 0 Å². The van der Waals surface area contributed by atoms with Crippen molar-refractivity contribution in [2.45, 2.75) is 103 Å². The maximum Gasteiger partial charge on any atom is 0.227 e. The van der Waals surface area contributed by atoms with Gasteiger partial charge in [0.1, 0.15) is 0 Å². The zero-order valence-corrected chi connectivity index (χ0v) is 19.7. The van der Waals surface area contributed by atoms with Crippen molar-refractivity contribution in [3.05, 3.63) is 5.82 Å². The molecular formula is C22H44N6S. The topological polar surface area (TPSA) is 88.8 Å². The zero-order chi connectivity index (χ0) is 21.2. The molecule has 0 aliphatic heterocycles. The largest absolute Gasteiger partial charge is 0.354 e. The normalized spacial score (nSPS) is 12.1. The quantitative estimate of drug-likeness (QED) is 0.167. The van der Waals surface area contributed by atoms with Crippen LogP contribution < -0.4 is 16.4 Å². The number of hydrogen-bond donors (Lipinski definition) is 4. The maximum atomic E-state index is 6.05. The average Bonchev–Trinajstić information content (AvgIpc) is 2.74. The van der Waals surface area contributed by atoms with Gasteiger partial charge in [-0.1, -0.05) is 84.5 Å². The third-order valence-corrected chi connectivity index (χ3v) is 5.42. The van der Waals surface area contributed by atoms with E-state index in [1.807, 2.05) is 0 Å². The van der Waals surface area contributed by atoms with E-state index in [1.54, 1.807) is 0 Å². The fourth-order valence-corrected chi connectivity index (χ4v) is 3.36. The van der Waals surface area contributed by atoms with Crippen molar-refractivity contribution >= 4 is 24.5 Å². The van der Waals surface area contributed by atoms with Crippen LogP contribution in [0.5, 0.6) is 0 Å². The molecule has 0 fully saturated rings. The Balaban J connectivity index is 2.17. The van der Waals surface area contributed by atoms with Gasteiger partial charge in [0.25, 0.3) is 0 Å². The van der Waals surface area contributed by atoms with Gasteiger partial charge in [0.05, 0.1) is 6.04 Å². The van der Waals surface area contributed by atoms with Crippen molar-refractivity contribution in [1.29, 1.82) is 0 Å². The Morgan fingerprint density at radius 2 is 1.17 bits per heavy atom. The van der Waals surface area contributed by atoms with E-state index in [9.17, 15) is 0 Å². The smallest absolute Gasteiger partial charge is 0.227 e. The lowest BCUT2D eigenvalue weighted by Crippen LogP contribution is -2.19. The molecule has 1 heterocycles. The summed E-state index contributed by atoms with van der Waals surface area (Å²) in [5.74, 6) is 2.29. The van der Waals surface area contributed by atoms with Gasteiger partial charge in [-0.3, -0.25) is 0 Å². The highest BCUT2D eigenvalue weighted by atomic mass is 32.1. The summed E-state index contributed by atoms with van der Waals surface area (Å²) in [5.41, 5.74) is 6.05. The molecule has 0 radical (unpaired) electrons. The lowest BCUT2D eigenvalue weighted by Gasteiger charge is -2.12. The summed E-state index contributed by atoms with van der Waals surface area (Å²) in [6, 6.07) is -0.282. The van der Waals surface area contributed by atoms with Gasteiger partial charge in [0, 0.05) is 18.8 Å². The molecule has 0 bridgehead atoms. The number of nitrogens with one attached hydrogen (secondary N) is 2. The van der Waals surface area contributed by atoms with E-state index in [0.29, 0.717) is 23.5 Å². The molecule has 0 saturated carbocycles. The number of unbranched alkanes of at least 4 members (excludes halogenated alkanes) is 11. The summed E-state index contributed by atoms with van der Waals surface area (Å²) in [4.78, 5) is 13.3. The number of thiol groups is 1. The first-order valence-electron chi connectivity index (χ1n) is 11.8. The van der Waals surface area contributed by atoms with E-state index in [0.717, 1.165) is 25.9 Å². The molecule has 168 valence electrons. The molecule has 1 aromatic rings. The fraction of sp³-hybridized carbons (Fsp3) is 0.864. The van der Waals surface area contributed by atoms with Crippen LogP contribution in [0.3, 0.4) is 0 Å². The monoisotopic (exact) mass is 424 g/mol. The van der Waals surface area contributed by atoms with Crippen LogP contribution in [0.4, 0.5) is 11.9 Å². The minimum Gasteiger partial charge on any atom is -0.354 e. The molecule has 7 heteroatoms. The fourth-order valence-electron chi connectivity index (χ4n) is 3.20. The summed E-state index contributed by atoms with van der Waals surface area (Å²) in [7, 11) is 0. The molecule has 1 atom stereocenters. The van der Waals surface area contributed by atoms with Gasteiger partial charge in [0.2, 0.25) is 11.9 Å². The molecule has 1 unspecified atom stereocenters. The van der Waals surface area contributed by atoms with Gasteiger partial charge in [0.15, 0.2) is 5.82 Å². The highest BCUT2D eigenvalue weighted by molar-refractivity contribution is 7.80. The third-order valence-electron chi connectivity index (χ3n) is 5.03. The van der Waals surface area contributed by atoms with Crippen molar-refractivity contribution in [1.82, 2.24) is 15.0 Å². The average molecular weight is 425 g/mol. The summed E-state index contributed by atoms with van der Waals surface area (Å²) >= 11 is 4.26. The number of nitrogens with zero attached hydrogens (tertiary/aromatic N) is 3. The number of hydrogen-bond acceptors (Lipinski definition) is 7. The van der Waals surface area contributed by atoms with Gasteiger partial charge in [-0.15, -0.1) is 0 Å². The van der Waals surface area contributed by atoms with Crippen molar-refractivity contribution in [3.63, 3.8) is 0 Å². The molecular weight excluding hydrogens is 380 g/mol. The Bertz CT molecular complexity index is 514. The van der Waals surface area contributed by atoms with Crippen LogP contribution in [0.15, 0.2) is 0 Å². The lowest BCUT2D eigenvalue weighted by atomic mass is 10.1. The first-order valence-corrected chi connectivity index (χ1v) is 12.4. The molecule has 1 rings (SSSR count). The summed E-state index contributed by atoms with van der Waals surface area (Å²) in [5, 5.41) is 6.55. The van der Waals surface area contributed by atoms with Gasteiger partial charge in [-0.05, 0) is 12.8 Å². The van der Waals surface area contributed by atoms with Crippen LogP contribution in [-0.2, 0) is 0 Å². The minimum absolute atomic E-state index is 0.282. The molecule has 0 aliphatic carbocycles. The second-order valence-corrected chi connectivity index (χ2v) is 8.24. The lowest BCUT2D eigenvalue weighted by molar-refractivity contribution is 0.546. The SMILES string of the molecule is CCCCCCCCCCCCCCNc1nc(NCCC)nc(C(N)CS)n1. The Labute approximate surface area is 184 Å². The van der Waals surface area contributed by atoms with Crippen molar-refractivity contribution in [2.24, 2.45) is 5.73 Å². The van der Waals surface area contributed by atoms with E-state index in [2.05, 4.69) is 52.1 Å². The van der Waals surface area contributed by atoms with Crippen LogP contribution in [0.2, 0.25) is 0 Å². The molecule has 0 amide bonds. The Kier molecular flexibility index (Phi) is 15.9. The maximum absolute atomic E-state index is 6.05. The van der Waals surface area contributed by atoms with Crippen LogP contribution in [0.25, 0.3) is 0 Å². The van der Waals surface area contributed by atoms with E-state index >= 15 is 0 Å². The van der Waals surface area contributed by atoms with E-state index in [-0.39, 0.29) is 6.04 Å². The van der Waals surface area contributed by atoms with Gasteiger partial charge >= 0.3 is 0 Å². The molecule has 0 aliphatic rings. The molecule has 0 spiro atoms. The Morgan fingerprint density at radius 1 is 0.690 bits per heavy atom. The van der Waals surface area contributed by atoms with Crippen LogP contribution in [0.1, 0.15) is 109 Å². The van der Waals surface area contributed by atoms with Crippen LogP contribution in [-0.4, -0.2) is 33.8 Å². The predicted octanol–water partition coefficient (Wildman–Crippen LogP) is 5.74. The second-order valence-electron chi connectivity index (χ2n) is 7.87. The number of nitrogens with two attached hydrogens (primary N) is 1. The van der Waals surface area contributed by atoms with Crippen molar-refractivity contribution < 1.29 is 0 Å². The second kappa shape index (κ2) is 17.8.